The summed E-state index contributed by atoms with van der Waals surface area (Å²) in [6, 6.07) is -0.000457. The molecule has 17 heavy (non-hydrogen) atoms. The van der Waals surface area contributed by atoms with Gasteiger partial charge in [-0.1, -0.05) is 6.92 Å². The molecule has 1 N–H and O–H groups in total. The Hall–Kier alpha value is -1.43. The summed E-state index contributed by atoms with van der Waals surface area (Å²) in [4.78, 5) is 17.0. The number of aliphatic carboxylic acids is 1. The van der Waals surface area contributed by atoms with Crippen molar-refractivity contribution in [2.24, 2.45) is 0 Å². The maximum atomic E-state index is 10.7. The SMILES string of the molecule is CCN(Cc1ncnn1CC)C(C)CC(=O)O. The van der Waals surface area contributed by atoms with Crippen LogP contribution in [0.2, 0.25) is 0 Å². The van der Waals surface area contributed by atoms with Crippen LogP contribution in [-0.4, -0.2) is 43.3 Å². The second-order valence-corrected chi connectivity index (χ2v) is 4.00. The van der Waals surface area contributed by atoms with Gasteiger partial charge in [0.1, 0.15) is 12.2 Å². The van der Waals surface area contributed by atoms with Gasteiger partial charge in [0.05, 0.1) is 13.0 Å². The molecular weight excluding hydrogens is 220 g/mol. The number of hydrogen-bond donors (Lipinski definition) is 1. The van der Waals surface area contributed by atoms with E-state index in [0.717, 1.165) is 18.9 Å². The number of carbonyl (C=O) groups is 1. The molecule has 1 unspecified atom stereocenters. The highest BCUT2D eigenvalue weighted by molar-refractivity contribution is 5.67. The summed E-state index contributed by atoms with van der Waals surface area (Å²) in [6.07, 6.45) is 1.68. The average molecular weight is 240 g/mol. The average Bonchev–Trinajstić information content (AvgIpc) is 2.71. The van der Waals surface area contributed by atoms with Crippen molar-refractivity contribution >= 4 is 5.97 Å². The van der Waals surface area contributed by atoms with Gasteiger partial charge in [0.15, 0.2) is 0 Å². The molecule has 0 spiro atoms. The first-order valence-corrected chi connectivity index (χ1v) is 5.91. The largest absolute Gasteiger partial charge is 0.481 e. The van der Waals surface area contributed by atoms with Gasteiger partial charge in [-0.3, -0.25) is 9.69 Å². The summed E-state index contributed by atoms with van der Waals surface area (Å²) in [5, 5.41) is 12.9. The van der Waals surface area contributed by atoms with Crippen LogP contribution in [0.5, 0.6) is 0 Å². The molecule has 0 aromatic carbocycles. The summed E-state index contributed by atoms with van der Waals surface area (Å²) in [5.41, 5.74) is 0. The summed E-state index contributed by atoms with van der Waals surface area (Å²) in [7, 11) is 0. The van der Waals surface area contributed by atoms with Crippen molar-refractivity contribution < 1.29 is 9.90 Å². The Morgan fingerprint density at radius 1 is 1.59 bits per heavy atom. The van der Waals surface area contributed by atoms with E-state index in [1.165, 1.54) is 6.33 Å². The predicted octanol–water partition coefficient (Wildman–Crippen LogP) is 0.983. The number of carboxylic acid groups (broad SMARTS) is 1. The molecule has 1 aromatic rings. The van der Waals surface area contributed by atoms with Gasteiger partial charge in [-0.2, -0.15) is 5.10 Å². The van der Waals surface area contributed by atoms with Crippen molar-refractivity contribution in [3.8, 4) is 0 Å². The van der Waals surface area contributed by atoms with Gasteiger partial charge in [-0.25, -0.2) is 9.67 Å². The maximum Gasteiger partial charge on any atom is 0.304 e. The van der Waals surface area contributed by atoms with E-state index in [4.69, 9.17) is 5.11 Å². The van der Waals surface area contributed by atoms with E-state index >= 15 is 0 Å². The molecule has 0 aliphatic heterocycles. The Labute approximate surface area is 101 Å². The standard InChI is InChI=1S/C11H20N4O2/c1-4-14(9(3)6-11(16)17)7-10-12-8-13-15(10)5-2/h8-9H,4-7H2,1-3H3,(H,16,17). The van der Waals surface area contributed by atoms with Gasteiger partial charge in [0, 0.05) is 12.6 Å². The van der Waals surface area contributed by atoms with Crippen molar-refractivity contribution in [3.05, 3.63) is 12.2 Å². The molecule has 0 saturated carbocycles. The highest BCUT2D eigenvalue weighted by Gasteiger charge is 2.17. The molecular formula is C11H20N4O2. The van der Waals surface area contributed by atoms with Crippen LogP contribution in [0.1, 0.15) is 33.0 Å². The third-order valence-electron chi connectivity index (χ3n) is 2.84. The number of hydrogen-bond acceptors (Lipinski definition) is 4. The molecule has 1 heterocycles. The third-order valence-corrected chi connectivity index (χ3v) is 2.84. The molecule has 1 rings (SSSR count). The van der Waals surface area contributed by atoms with Crippen molar-refractivity contribution in [1.29, 1.82) is 0 Å². The lowest BCUT2D eigenvalue weighted by molar-refractivity contribution is -0.138. The number of aromatic nitrogens is 3. The van der Waals surface area contributed by atoms with Crippen LogP contribution < -0.4 is 0 Å². The zero-order chi connectivity index (χ0) is 12.8. The van der Waals surface area contributed by atoms with Crippen LogP contribution in [0.4, 0.5) is 0 Å². The molecule has 0 aliphatic rings. The van der Waals surface area contributed by atoms with Crippen LogP contribution in [0, 0.1) is 0 Å². The number of rotatable bonds is 7. The normalized spacial score (nSPS) is 12.9. The first-order valence-electron chi connectivity index (χ1n) is 5.91. The van der Waals surface area contributed by atoms with Gasteiger partial charge in [0.25, 0.3) is 0 Å². The second-order valence-electron chi connectivity index (χ2n) is 4.00. The molecule has 0 radical (unpaired) electrons. The Kier molecular flexibility index (Phi) is 5.09. The zero-order valence-corrected chi connectivity index (χ0v) is 10.6. The van der Waals surface area contributed by atoms with E-state index in [9.17, 15) is 4.79 Å². The fourth-order valence-corrected chi connectivity index (χ4v) is 1.82. The summed E-state index contributed by atoms with van der Waals surface area (Å²) in [6.45, 7) is 8.16. The minimum atomic E-state index is -0.770. The van der Waals surface area contributed by atoms with Crippen molar-refractivity contribution in [1.82, 2.24) is 19.7 Å². The fraction of sp³-hybridized carbons (Fsp3) is 0.727. The van der Waals surface area contributed by atoms with Crippen LogP contribution in [0.15, 0.2) is 6.33 Å². The summed E-state index contributed by atoms with van der Waals surface area (Å²) >= 11 is 0. The maximum absolute atomic E-state index is 10.7. The van der Waals surface area contributed by atoms with Gasteiger partial charge < -0.3 is 5.11 Å². The van der Waals surface area contributed by atoms with Gasteiger partial charge in [0.2, 0.25) is 0 Å². The molecule has 0 saturated heterocycles. The molecule has 0 amide bonds. The second kappa shape index (κ2) is 6.34. The Morgan fingerprint density at radius 2 is 2.29 bits per heavy atom. The van der Waals surface area contributed by atoms with E-state index in [-0.39, 0.29) is 12.5 Å². The molecule has 0 fully saturated rings. The Bertz CT molecular complexity index is 364. The van der Waals surface area contributed by atoms with Gasteiger partial charge in [-0.05, 0) is 20.4 Å². The minimum Gasteiger partial charge on any atom is -0.481 e. The Balaban J connectivity index is 2.66. The molecule has 6 heteroatoms. The zero-order valence-electron chi connectivity index (χ0n) is 10.6. The third kappa shape index (κ3) is 3.81. The number of aryl methyl sites for hydroxylation is 1. The summed E-state index contributed by atoms with van der Waals surface area (Å²) < 4.78 is 1.83. The highest BCUT2D eigenvalue weighted by Crippen LogP contribution is 2.08. The van der Waals surface area contributed by atoms with Crippen molar-refractivity contribution in [2.75, 3.05) is 6.54 Å². The van der Waals surface area contributed by atoms with Crippen LogP contribution in [-0.2, 0) is 17.9 Å². The smallest absolute Gasteiger partial charge is 0.304 e. The first kappa shape index (κ1) is 13.6. The van der Waals surface area contributed by atoms with Crippen molar-refractivity contribution in [3.63, 3.8) is 0 Å². The van der Waals surface area contributed by atoms with Gasteiger partial charge >= 0.3 is 5.97 Å². The number of nitrogens with zero attached hydrogens (tertiary/aromatic N) is 4. The van der Waals surface area contributed by atoms with Crippen molar-refractivity contribution in [2.45, 2.75) is 46.3 Å². The topological polar surface area (TPSA) is 71.2 Å². The van der Waals surface area contributed by atoms with Crippen LogP contribution >= 0.6 is 0 Å². The van der Waals surface area contributed by atoms with Gasteiger partial charge in [-0.15, -0.1) is 0 Å². The van der Waals surface area contributed by atoms with E-state index in [2.05, 4.69) is 15.0 Å². The predicted molar refractivity (Wildman–Crippen MR) is 63.5 cm³/mol. The lowest BCUT2D eigenvalue weighted by atomic mass is 10.2. The molecule has 1 aromatic heterocycles. The Morgan fingerprint density at radius 3 is 2.82 bits per heavy atom. The van der Waals surface area contributed by atoms with E-state index in [1.807, 2.05) is 25.5 Å². The monoisotopic (exact) mass is 240 g/mol. The molecule has 0 bridgehead atoms. The minimum absolute atomic E-state index is 0.000457. The number of carboxylic acids is 1. The molecule has 0 aliphatic carbocycles. The first-order chi connectivity index (χ1) is 8.08. The van der Waals surface area contributed by atoms with E-state index in [1.54, 1.807) is 0 Å². The molecule has 96 valence electrons. The molecule has 1 atom stereocenters. The van der Waals surface area contributed by atoms with Crippen LogP contribution in [0.3, 0.4) is 0 Å². The fourth-order valence-electron chi connectivity index (χ4n) is 1.82. The quantitative estimate of drug-likeness (QED) is 0.769. The molecule has 6 nitrogen and oxygen atoms in total. The van der Waals surface area contributed by atoms with Crippen LogP contribution in [0.25, 0.3) is 0 Å². The lowest BCUT2D eigenvalue weighted by Gasteiger charge is -2.26. The summed E-state index contributed by atoms with van der Waals surface area (Å²) in [5.74, 6) is 0.111. The van der Waals surface area contributed by atoms with E-state index < -0.39 is 5.97 Å². The highest BCUT2D eigenvalue weighted by atomic mass is 16.4. The lowest BCUT2D eigenvalue weighted by Crippen LogP contribution is -2.35. The van der Waals surface area contributed by atoms with E-state index in [0.29, 0.717) is 6.54 Å².